The summed E-state index contributed by atoms with van der Waals surface area (Å²) in [7, 11) is 0. The fourth-order valence-corrected chi connectivity index (χ4v) is 2.35. The van der Waals surface area contributed by atoms with Crippen molar-refractivity contribution in [1.82, 2.24) is 15.1 Å². The molecule has 0 aliphatic rings. The molecule has 2 rings (SSSR count). The van der Waals surface area contributed by atoms with E-state index >= 15 is 0 Å². The number of halogens is 2. The standard InChI is InChI=1S/C15H18Cl2N4O/c1-2-3-7-18-15(22)19-14-6-8-21(20-14)10-11-4-5-12(16)9-13(11)17/h4-6,8-9H,2-3,7,10H2,1H3,(H2,18,19,20,22). The van der Waals surface area contributed by atoms with E-state index in [1.807, 2.05) is 6.07 Å². The van der Waals surface area contributed by atoms with Crippen molar-refractivity contribution in [3.63, 3.8) is 0 Å². The highest BCUT2D eigenvalue weighted by Gasteiger charge is 2.06. The Bertz CT molecular complexity index is 642. The summed E-state index contributed by atoms with van der Waals surface area (Å²) < 4.78 is 1.71. The number of urea groups is 1. The molecule has 2 N–H and O–H groups in total. The number of aromatic nitrogens is 2. The Balaban J connectivity index is 1.92. The first-order valence-corrected chi connectivity index (χ1v) is 7.86. The van der Waals surface area contributed by atoms with Crippen LogP contribution in [0.3, 0.4) is 0 Å². The van der Waals surface area contributed by atoms with Gasteiger partial charge in [0.1, 0.15) is 0 Å². The van der Waals surface area contributed by atoms with Crippen molar-refractivity contribution in [3.05, 3.63) is 46.1 Å². The Hall–Kier alpha value is -1.72. The van der Waals surface area contributed by atoms with Crippen LogP contribution < -0.4 is 10.6 Å². The van der Waals surface area contributed by atoms with Gasteiger partial charge in [-0.2, -0.15) is 5.10 Å². The third kappa shape index (κ3) is 4.93. The molecule has 0 unspecified atom stereocenters. The van der Waals surface area contributed by atoms with Crippen molar-refractivity contribution < 1.29 is 4.79 Å². The van der Waals surface area contributed by atoms with Gasteiger partial charge in [0.2, 0.25) is 0 Å². The van der Waals surface area contributed by atoms with Crippen LogP contribution in [0.2, 0.25) is 10.0 Å². The van der Waals surface area contributed by atoms with Crippen LogP contribution in [-0.2, 0) is 6.54 Å². The van der Waals surface area contributed by atoms with Crippen LogP contribution in [0.15, 0.2) is 30.5 Å². The highest BCUT2D eigenvalue weighted by molar-refractivity contribution is 6.35. The van der Waals surface area contributed by atoms with E-state index in [2.05, 4.69) is 22.7 Å². The third-order valence-electron chi connectivity index (χ3n) is 3.05. The van der Waals surface area contributed by atoms with Crippen LogP contribution in [-0.4, -0.2) is 22.4 Å². The minimum Gasteiger partial charge on any atom is -0.338 e. The van der Waals surface area contributed by atoms with Crippen LogP contribution in [0, 0.1) is 0 Å². The van der Waals surface area contributed by atoms with Gasteiger partial charge >= 0.3 is 6.03 Å². The van der Waals surface area contributed by atoms with E-state index in [1.54, 1.807) is 29.1 Å². The van der Waals surface area contributed by atoms with Crippen molar-refractivity contribution in [3.8, 4) is 0 Å². The number of anilines is 1. The average Bonchev–Trinajstić information content (AvgIpc) is 2.89. The van der Waals surface area contributed by atoms with Crippen LogP contribution in [0.4, 0.5) is 10.6 Å². The second-order valence-electron chi connectivity index (χ2n) is 4.87. The molecule has 2 aromatic rings. The average molecular weight is 341 g/mol. The minimum atomic E-state index is -0.247. The van der Waals surface area contributed by atoms with Crippen molar-refractivity contribution in [2.24, 2.45) is 0 Å². The number of hydrogen-bond donors (Lipinski definition) is 2. The lowest BCUT2D eigenvalue weighted by Gasteiger charge is -2.06. The molecule has 0 saturated carbocycles. The Morgan fingerprint density at radius 1 is 1.32 bits per heavy atom. The zero-order valence-corrected chi connectivity index (χ0v) is 13.8. The molecule has 7 heteroatoms. The summed E-state index contributed by atoms with van der Waals surface area (Å²) in [6, 6.07) is 6.83. The zero-order valence-electron chi connectivity index (χ0n) is 12.3. The van der Waals surface area contributed by atoms with Crippen molar-refractivity contribution in [1.29, 1.82) is 0 Å². The number of nitrogens with one attached hydrogen (secondary N) is 2. The van der Waals surface area contributed by atoms with Crippen LogP contribution in [0.25, 0.3) is 0 Å². The summed E-state index contributed by atoms with van der Waals surface area (Å²) >= 11 is 12.0. The minimum absolute atomic E-state index is 0.247. The van der Waals surface area contributed by atoms with Gasteiger partial charge in [-0.3, -0.25) is 10.00 Å². The Kier molecular flexibility index (Phi) is 6.10. The van der Waals surface area contributed by atoms with E-state index < -0.39 is 0 Å². The maximum absolute atomic E-state index is 11.6. The molecule has 1 aromatic heterocycles. The molecule has 0 bridgehead atoms. The first kappa shape index (κ1) is 16.6. The normalized spacial score (nSPS) is 10.5. The molecule has 0 aliphatic heterocycles. The molecule has 0 aliphatic carbocycles. The molecule has 22 heavy (non-hydrogen) atoms. The summed E-state index contributed by atoms with van der Waals surface area (Å²) in [6.07, 6.45) is 3.78. The van der Waals surface area contributed by atoms with E-state index in [-0.39, 0.29) is 6.03 Å². The van der Waals surface area contributed by atoms with E-state index in [1.165, 1.54) is 0 Å². The second-order valence-corrected chi connectivity index (χ2v) is 5.71. The smallest absolute Gasteiger partial charge is 0.320 e. The Labute approximate surface area is 139 Å². The number of benzene rings is 1. The molecule has 2 amide bonds. The van der Waals surface area contributed by atoms with Gasteiger partial charge in [-0.15, -0.1) is 0 Å². The van der Waals surface area contributed by atoms with Gasteiger partial charge in [0, 0.05) is 28.9 Å². The maximum Gasteiger partial charge on any atom is 0.320 e. The van der Waals surface area contributed by atoms with E-state index in [0.29, 0.717) is 29.0 Å². The predicted octanol–water partition coefficient (Wildman–Crippen LogP) is 4.16. The first-order valence-electron chi connectivity index (χ1n) is 7.10. The SMILES string of the molecule is CCCCNC(=O)Nc1ccn(Cc2ccc(Cl)cc2Cl)n1. The lowest BCUT2D eigenvalue weighted by Crippen LogP contribution is -2.29. The molecule has 118 valence electrons. The molecule has 0 radical (unpaired) electrons. The van der Waals surface area contributed by atoms with Gasteiger partial charge in [0.05, 0.1) is 6.54 Å². The number of carbonyl (C=O) groups is 1. The van der Waals surface area contributed by atoms with Crippen molar-refractivity contribution >= 4 is 35.1 Å². The number of carbonyl (C=O) groups excluding carboxylic acids is 1. The summed E-state index contributed by atoms with van der Waals surface area (Å²) in [6.45, 7) is 3.24. The lowest BCUT2D eigenvalue weighted by molar-refractivity contribution is 0.252. The number of rotatable bonds is 6. The van der Waals surface area contributed by atoms with Crippen molar-refractivity contribution in [2.75, 3.05) is 11.9 Å². The number of amides is 2. The van der Waals surface area contributed by atoms with Gasteiger partial charge in [0.15, 0.2) is 5.82 Å². The third-order valence-corrected chi connectivity index (χ3v) is 3.63. The number of unbranched alkanes of at least 4 members (excludes halogenated alkanes) is 1. The predicted molar refractivity (Wildman–Crippen MR) is 89.7 cm³/mol. The van der Waals surface area contributed by atoms with E-state index in [0.717, 1.165) is 18.4 Å². The molecule has 5 nitrogen and oxygen atoms in total. The molecule has 0 saturated heterocycles. The lowest BCUT2D eigenvalue weighted by atomic mass is 10.2. The van der Waals surface area contributed by atoms with E-state index in [4.69, 9.17) is 23.2 Å². The summed E-state index contributed by atoms with van der Waals surface area (Å²) in [4.78, 5) is 11.6. The number of hydrogen-bond acceptors (Lipinski definition) is 2. The topological polar surface area (TPSA) is 59.0 Å². The highest BCUT2D eigenvalue weighted by Crippen LogP contribution is 2.21. The summed E-state index contributed by atoms with van der Waals surface area (Å²) in [5.74, 6) is 0.499. The van der Waals surface area contributed by atoms with Crippen LogP contribution in [0.1, 0.15) is 25.3 Å². The fraction of sp³-hybridized carbons (Fsp3) is 0.333. The Morgan fingerprint density at radius 3 is 2.86 bits per heavy atom. The van der Waals surface area contributed by atoms with E-state index in [9.17, 15) is 4.79 Å². The quantitative estimate of drug-likeness (QED) is 0.775. The maximum atomic E-state index is 11.6. The number of nitrogens with zero attached hydrogens (tertiary/aromatic N) is 2. The molecule has 0 spiro atoms. The van der Waals surface area contributed by atoms with Crippen molar-refractivity contribution in [2.45, 2.75) is 26.3 Å². The molecular weight excluding hydrogens is 323 g/mol. The molecule has 0 fully saturated rings. The Morgan fingerprint density at radius 2 is 2.14 bits per heavy atom. The first-order chi connectivity index (χ1) is 10.6. The molecular formula is C15H18Cl2N4O. The molecule has 1 heterocycles. The summed E-state index contributed by atoms with van der Waals surface area (Å²) in [5.41, 5.74) is 0.910. The van der Waals surface area contributed by atoms with Crippen LogP contribution in [0.5, 0.6) is 0 Å². The second kappa shape index (κ2) is 8.06. The molecule has 0 atom stereocenters. The highest BCUT2D eigenvalue weighted by atomic mass is 35.5. The van der Waals surface area contributed by atoms with Crippen LogP contribution >= 0.6 is 23.2 Å². The zero-order chi connectivity index (χ0) is 15.9. The van der Waals surface area contributed by atoms with Gasteiger partial charge < -0.3 is 5.32 Å². The monoisotopic (exact) mass is 340 g/mol. The summed E-state index contributed by atoms with van der Waals surface area (Å²) in [5, 5.41) is 10.9. The molecule has 1 aromatic carbocycles. The van der Waals surface area contributed by atoms with Gasteiger partial charge in [-0.25, -0.2) is 4.79 Å². The fourth-order valence-electron chi connectivity index (χ4n) is 1.88. The van der Waals surface area contributed by atoms with Gasteiger partial charge in [-0.1, -0.05) is 42.6 Å². The van der Waals surface area contributed by atoms with Gasteiger partial charge in [0.25, 0.3) is 0 Å². The largest absolute Gasteiger partial charge is 0.338 e. The van der Waals surface area contributed by atoms with Gasteiger partial charge in [-0.05, 0) is 24.1 Å².